The number of methoxy groups -OCH3 is 1. The Hall–Kier alpha value is -1.28. The van der Waals surface area contributed by atoms with Gasteiger partial charge in [0, 0.05) is 0 Å². The van der Waals surface area contributed by atoms with Crippen molar-refractivity contribution in [3.63, 3.8) is 0 Å². The molecule has 70 valence electrons. The maximum Gasteiger partial charge on any atom is 0.118 e. The Labute approximate surface area is 79.1 Å². The third-order valence-corrected chi connectivity index (χ3v) is 1.78. The molecule has 1 aliphatic carbocycles. The number of ether oxygens (including phenoxy) is 1. The third-order valence-electron chi connectivity index (χ3n) is 1.78. The molecule has 0 radical (unpaired) electrons. The van der Waals surface area contributed by atoms with Gasteiger partial charge in [-0.25, -0.2) is 0 Å². The number of hydrogen-bond acceptors (Lipinski definition) is 2. The van der Waals surface area contributed by atoms with E-state index in [9.17, 15) is 0 Å². The second kappa shape index (κ2) is 4.10. The predicted molar refractivity (Wildman–Crippen MR) is 55.1 cm³/mol. The van der Waals surface area contributed by atoms with Gasteiger partial charge in [-0.05, 0) is 19.1 Å². The Morgan fingerprint density at radius 3 is 2.69 bits per heavy atom. The SMILES string of the molecule is COC1=C/C=C\C=C[C@](C)(N)\C=C\1. The molecular formula is C11H15NO. The highest BCUT2D eigenvalue weighted by Crippen LogP contribution is 2.09. The Bertz CT molecular complexity index is 282. The van der Waals surface area contributed by atoms with Gasteiger partial charge in [-0.15, -0.1) is 0 Å². The van der Waals surface area contributed by atoms with Gasteiger partial charge >= 0.3 is 0 Å². The molecule has 2 heteroatoms. The second-order valence-electron chi connectivity index (χ2n) is 3.22. The molecule has 1 rings (SSSR count). The fourth-order valence-electron chi connectivity index (χ4n) is 0.986. The molecule has 13 heavy (non-hydrogen) atoms. The summed E-state index contributed by atoms with van der Waals surface area (Å²) in [6.45, 7) is 1.94. The van der Waals surface area contributed by atoms with Crippen LogP contribution in [0, 0.1) is 0 Å². The van der Waals surface area contributed by atoms with Crippen molar-refractivity contribution in [2.75, 3.05) is 7.11 Å². The van der Waals surface area contributed by atoms with Crippen LogP contribution in [0.4, 0.5) is 0 Å². The van der Waals surface area contributed by atoms with Crippen LogP contribution in [0.1, 0.15) is 6.92 Å². The quantitative estimate of drug-likeness (QED) is 0.664. The molecule has 0 amide bonds. The van der Waals surface area contributed by atoms with Gasteiger partial charge in [0.15, 0.2) is 0 Å². The molecule has 2 nitrogen and oxygen atoms in total. The van der Waals surface area contributed by atoms with Gasteiger partial charge in [0.2, 0.25) is 0 Å². The van der Waals surface area contributed by atoms with E-state index < -0.39 is 5.54 Å². The molecule has 0 aromatic rings. The molecule has 1 aliphatic rings. The molecular weight excluding hydrogens is 162 g/mol. The average molecular weight is 177 g/mol. The highest BCUT2D eigenvalue weighted by molar-refractivity contribution is 5.29. The molecule has 2 N–H and O–H groups in total. The van der Waals surface area contributed by atoms with Crippen molar-refractivity contribution < 1.29 is 4.74 Å². The van der Waals surface area contributed by atoms with E-state index in [1.165, 1.54) is 0 Å². The summed E-state index contributed by atoms with van der Waals surface area (Å²) in [4.78, 5) is 0. The summed E-state index contributed by atoms with van der Waals surface area (Å²) < 4.78 is 5.12. The van der Waals surface area contributed by atoms with Crippen molar-refractivity contribution >= 4 is 0 Å². The lowest BCUT2D eigenvalue weighted by Gasteiger charge is -2.14. The molecule has 1 atom stereocenters. The maximum absolute atomic E-state index is 5.94. The summed E-state index contributed by atoms with van der Waals surface area (Å²) in [5, 5.41) is 0. The van der Waals surface area contributed by atoms with Gasteiger partial charge in [0.05, 0.1) is 12.6 Å². The van der Waals surface area contributed by atoms with Crippen LogP contribution >= 0.6 is 0 Å². The summed E-state index contributed by atoms with van der Waals surface area (Å²) in [6, 6.07) is 0. The molecule has 0 aliphatic heterocycles. The topological polar surface area (TPSA) is 35.2 Å². The molecule has 0 unspecified atom stereocenters. The minimum absolute atomic E-state index is 0.410. The van der Waals surface area contributed by atoms with E-state index >= 15 is 0 Å². The van der Waals surface area contributed by atoms with Gasteiger partial charge < -0.3 is 10.5 Å². The van der Waals surface area contributed by atoms with Crippen LogP contribution in [0.3, 0.4) is 0 Å². The highest BCUT2D eigenvalue weighted by Gasteiger charge is 2.08. The monoisotopic (exact) mass is 177 g/mol. The Morgan fingerprint density at radius 2 is 2.00 bits per heavy atom. The zero-order chi connectivity index (χ0) is 9.73. The van der Waals surface area contributed by atoms with Crippen molar-refractivity contribution in [1.82, 2.24) is 0 Å². The maximum atomic E-state index is 5.94. The number of hydrogen-bond donors (Lipinski definition) is 1. The first-order chi connectivity index (χ1) is 6.14. The van der Waals surface area contributed by atoms with Crippen LogP contribution in [-0.2, 0) is 4.74 Å². The minimum atomic E-state index is -0.410. The molecule has 0 aromatic carbocycles. The largest absolute Gasteiger partial charge is 0.497 e. The first kappa shape index (κ1) is 9.81. The second-order valence-corrected chi connectivity index (χ2v) is 3.22. The summed E-state index contributed by atoms with van der Waals surface area (Å²) >= 11 is 0. The van der Waals surface area contributed by atoms with Crippen molar-refractivity contribution in [3.8, 4) is 0 Å². The van der Waals surface area contributed by atoms with Crippen molar-refractivity contribution in [2.24, 2.45) is 5.73 Å². The highest BCUT2D eigenvalue weighted by atomic mass is 16.5. The van der Waals surface area contributed by atoms with E-state index in [0.717, 1.165) is 5.76 Å². The zero-order valence-electron chi connectivity index (χ0n) is 8.03. The van der Waals surface area contributed by atoms with Crippen molar-refractivity contribution in [1.29, 1.82) is 0 Å². The molecule has 0 saturated heterocycles. The van der Waals surface area contributed by atoms with Crippen LogP contribution in [-0.4, -0.2) is 12.6 Å². The summed E-state index contributed by atoms with van der Waals surface area (Å²) in [7, 11) is 1.64. The standard InChI is InChI=1S/C11H15NO/c1-11(12)8-5-3-4-6-10(13-2)7-9-11/h3-9H,12H2,1-2H3/b4-3-,8-5?,9-7+,10-6+/t11-/m0/s1. The first-order valence-electron chi connectivity index (χ1n) is 4.22. The smallest absolute Gasteiger partial charge is 0.118 e. The fraction of sp³-hybridized carbons (Fsp3) is 0.273. The van der Waals surface area contributed by atoms with Crippen molar-refractivity contribution in [2.45, 2.75) is 12.5 Å². The van der Waals surface area contributed by atoms with Crippen LogP contribution in [0.2, 0.25) is 0 Å². The summed E-state index contributed by atoms with van der Waals surface area (Å²) in [5.41, 5.74) is 5.53. The Balaban J connectivity index is 2.93. The molecule has 0 bridgehead atoms. The molecule has 0 saturated carbocycles. The molecule has 0 spiro atoms. The molecule has 0 heterocycles. The summed E-state index contributed by atoms with van der Waals surface area (Å²) in [6.07, 6.45) is 13.4. The Kier molecular flexibility index (Phi) is 3.09. The van der Waals surface area contributed by atoms with Gasteiger partial charge in [0.25, 0.3) is 0 Å². The summed E-state index contributed by atoms with van der Waals surface area (Å²) in [5.74, 6) is 0.802. The number of nitrogens with two attached hydrogens (primary N) is 1. The van der Waals surface area contributed by atoms with Crippen molar-refractivity contribution in [3.05, 3.63) is 48.3 Å². The molecule has 0 fully saturated rings. The first-order valence-corrected chi connectivity index (χ1v) is 4.22. The van der Waals surface area contributed by atoms with E-state index in [-0.39, 0.29) is 0 Å². The van der Waals surface area contributed by atoms with E-state index in [1.54, 1.807) is 7.11 Å². The van der Waals surface area contributed by atoms with Gasteiger partial charge in [-0.3, -0.25) is 0 Å². The van der Waals surface area contributed by atoms with Crippen LogP contribution in [0.25, 0.3) is 0 Å². The zero-order valence-corrected chi connectivity index (χ0v) is 8.03. The van der Waals surface area contributed by atoms with Gasteiger partial charge in [-0.1, -0.05) is 30.4 Å². The van der Waals surface area contributed by atoms with Gasteiger partial charge in [0.1, 0.15) is 5.76 Å². The normalized spacial score (nSPS) is 36.4. The number of rotatable bonds is 1. The Morgan fingerprint density at radius 1 is 1.23 bits per heavy atom. The number of allylic oxidation sites excluding steroid dienone is 5. The predicted octanol–water partition coefficient (Wildman–Crippen LogP) is 1.92. The third kappa shape index (κ3) is 3.30. The van der Waals surface area contributed by atoms with Crippen LogP contribution < -0.4 is 5.73 Å². The van der Waals surface area contributed by atoms with Crippen LogP contribution in [0.5, 0.6) is 0 Å². The lowest BCUT2D eigenvalue weighted by atomic mass is 10.0. The van der Waals surface area contributed by atoms with Crippen LogP contribution in [0.15, 0.2) is 48.3 Å². The van der Waals surface area contributed by atoms with E-state index in [1.807, 2.05) is 49.5 Å². The minimum Gasteiger partial charge on any atom is -0.497 e. The average Bonchev–Trinajstić information content (AvgIpc) is 2.16. The van der Waals surface area contributed by atoms with Gasteiger partial charge in [-0.2, -0.15) is 0 Å². The van der Waals surface area contributed by atoms with E-state index in [4.69, 9.17) is 10.5 Å². The lowest BCUT2D eigenvalue weighted by molar-refractivity contribution is 0.306. The lowest BCUT2D eigenvalue weighted by Crippen LogP contribution is -2.30. The fourth-order valence-corrected chi connectivity index (χ4v) is 0.986. The van der Waals surface area contributed by atoms with E-state index in [2.05, 4.69) is 0 Å². The molecule has 0 aromatic heterocycles. The van der Waals surface area contributed by atoms with E-state index in [0.29, 0.717) is 0 Å².